The number of phenols is 1. The Morgan fingerprint density at radius 1 is 1.05 bits per heavy atom. The monoisotopic (exact) mass is 317 g/mol. The Balaban J connectivity index is 1.84. The maximum Gasteiger partial charge on any atom is 0.269 e. The predicted molar refractivity (Wildman–Crippen MR) is 87.9 cm³/mol. The number of thiocarbonyl (C=S) groups is 1. The van der Waals surface area contributed by atoms with E-state index in [1.165, 1.54) is 24.3 Å². The van der Waals surface area contributed by atoms with E-state index < -0.39 is 0 Å². The van der Waals surface area contributed by atoms with Gasteiger partial charge in [-0.15, -0.1) is 0 Å². The normalized spacial score (nSPS) is 9.68. The fourth-order valence-electron chi connectivity index (χ4n) is 1.64. The molecule has 2 aromatic rings. The van der Waals surface area contributed by atoms with Gasteiger partial charge in [-0.05, 0) is 60.7 Å². The Labute approximate surface area is 133 Å². The molecule has 0 saturated carbocycles. The molecule has 0 aromatic heterocycles. The summed E-state index contributed by atoms with van der Waals surface area (Å²) in [6.07, 6.45) is 0. The fourth-order valence-corrected chi connectivity index (χ4v) is 1.80. The number of methoxy groups -OCH3 is 1. The number of nitrogens with one attached hydrogen (secondary N) is 3. The minimum absolute atomic E-state index is 0.0983. The lowest BCUT2D eigenvalue weighted by Crippen LogP contribution is -2.43. The lowest BCUT2D eigenvalue weighted by atomic mass is 10.2. The van der Waals surface area contributed by atoms with Crippen LogP contribution < -0.4 is 20.9 Å². The number of carbonyl (C=O) groups is 1. The average Bonchev–Trinajstić information content (AvgIpc) is 2.54. The first-order valence-corrected chi connectivity index (χ1v) is 6.80. The second-order valence-corrected chi connectivity index (χ2v) is 4.72. The number of phenolic OH excluding ortho intramolecular Hbond substituents is 1. The third kappa shape index (κ3) is 4.35. The quantitative estimate of drug-likeness (QED) is 0.512. The van der Waals surface area contributed by atoms with Crippen LogP contribution in [0.1, 0.15) is 10.4 Å². The first-order valence-electron chi connectivity index (χ1n) is 6.39. The highest BCUT2D eigenvalue weighted by atomic mass is 32.1. The summed E-state index contributed by atoms with van der Waals surface area (Å²) < 4.78 is 5.06. The SMILES string of the molecule is COc1ccc(NC(=S)NNC(=O)c2ccc(O)cc2)cc1. The van der Waals surface area contributed by atoms with E-state index in [1.54, 1.807) is 31.4 Å². The number of carbonyl (C=O) groups excluding carboxylic acids is 1. The maximum atomic E-state index is 11.8. The van der Waals surface area contributed by atoms with Crippen molar-refractivity contribution in [1.29, 1.82) is 0 Å². The molecule has 1 amide bonds. The molecule has 114 valence electrons. The molecule has 0 aliphatic heterocycles. The maximum absolute atomic E-state index is 11.8. The van der Waals surface area contributed by atoms with Gasteiger partial charge in [-0.2, -0.15) is 0 Å². The van der Waals surface area contributed by atoms with E-state index in [4.69, 9.17) is 17.0 Å². The molecule has 0 bridgehead atoms. The first kappa shape index (κ1) is 15.6. The van der Waals surface area contributed by atoms with Crippen molar-refractivity contribution < 1.29 is 14.6 Å². The summed E-state index contributed by atoms with van der Waals surface area (Å²) in [5.41, 5.74) is 6.22. The van der Waals surface area contributed by atoms with Crippen LogP contribution in [0, 0.1) is 0 Å². The zero-order chi connectivity index (χ0) is 15.9. The van der Waals surface area contributed by atoms with Crippen LogP contribution in [0.5, 0.6) is 11.5 Å². The zero-order valence-corrected chi connectivity index (χ0v) is 12.6. The van der Waals surface area contributed by atoms with Crippen LogP contribution in [-0.4, -0.2) is 23.2 Å². The van der Waals surface area contributed by atoms with Gasteiger partial charge < -0.3 is 15.2 Å². The standard InChI is InChI=1S/C15H15N3O3S/c1-21-13-8-4-11(5-9-13)16-15(22)18-17-14(20)10-2-6-12(19)7-3-10/h2-9,19H,1H3,(H,17,20)(H2,16,18,22). The van der Waals surface area contributed by atoms with E-state index in [2.05, 4.69) is 16.2 Å². The highest BCUT2D eigenvalue weighted by molar-refractivity contribution is 7.80. The molecule has 0 radical (unpaired) electrons. The van der Waals surface area contributed by atoms with E-state index in [9.17, 15) is 9.90 Å². The largest absolute Gasteiger partial charge is 0.508 e. The van der Waals surface area contributed by atoms with Crippen molar-refractivity contribution in [2.24, 2.45) is 0 Å². The minimum Gasteiger partial charge on any atom is -0.508 e. The van der Waals surface area contributed by atoms with Crippen LogP contribution in [-0.2, 0) is 0 Å². The number of hydrogen-bond donors (Lipinski definition) is 4. The summed E-state index contributed by atoms with van der Waals surface area (Å²) in [5, 5.41) is 12.3. The van der Waals surface area contributed by atoms with Crippen molar-refractivity contribution in [2.75, 3.05) is 12.4 Å². The molecule has 6 nitrogen and oxygen atoms in total. The molecule has 0 spiro atoms. The second kappa shape index (κ2) is 7.28. The number of rotatable bonds is 3. The molecule has 0 aliphatic carbocycles. The summed E-state index contributed by atoms with van der Waals surface area (Å²) in [5.74, 6) is 0.477. The van der Waals surface area contributed by atoms with Crippen LogP contribution in [0.3, 0.4) is 0 Å². The van der Waals surface area contributed by atoms with Gasteiger partial charge in [0.25, 0.3) is 5.91 Å². The van der Waals surface area contributed by atoms with E-state index >= 15 is 0 Å². The van der Waals surface area contributed by atoms with Gasteiger partial charge in [0.05, 0.1) is 7.11 Å². The summed E-state index contributed by atoms with van der Waals surface area (Å²) in [6, 6.07) is 13.1. The van der Waals surface area contributed by atoms with Gasteiger partial charge in [0.2, 0.25) is 0 Å². The number of aromatic hydroxyl groups is 1. The van der Waals surface area contributed by atoms with Gasteiger partial charge in [-0.3, -0.25) is 15.6 Å². The number of hydrazine groups is 1. The summed E-state index contributed by atoms with van der Waals surface area (Å²) in [6.45, 7) is 0. The molecule has 7 heteroatoms. The molecule has 0 unspecified atom stereocenters. The number of benzene rings is 2. The smallest absolute Gasteiger partial charge is 0.269 e. The number of amides is 1. The lowest BCUT2D eigenvalue weighted by Gasteiger charge is -2.12. The number of anilines is 1. The summed E-state index contributed by atoms with van der Waals surface area (Å²) in [7, 11) is 1.59. The van der Waals surface area contributed by atoms with Crippen molar-refractivity contribution in [1.82, 2.24) is 10.9 Å². The van der Waals surface area contributed by atoms with Crippen LogP contribution in [0.4, 0.5) is 5.69 Å². The molecule has 2 aromatic carbocycles. The van der Waals surface area contributed by atoms with Crippen molar-refractivity contribution in [2.45, 2.75) is 0 Å². The molecule has 0 saturated heterocycles. The highest BCUT2D eigenvalue weighted by Gasteiger charge is 2.05. The molecule has 0 aliphatic rings. The Morgan fingerprint density at radius 2 is 1.68 bits per heavy atom. The molecule has 2 rings (SSSR count). The lowest BCUT2D eigenvalue weighted by molar-refractivity contribution is 0.0944. The predicted octanol–water partition coefficient (Wildman–Crippen LogP) is 2.03. The van der Waals surface area contributed by atoms with Crippen LogP contribution >= 0.6 is 12.2 Å². The Bertz CT molecular complexity index is 657. The molecule has 0 atom stereocenters. The van der Waals surface area contributed by atoms with Gasteiger partial charge in [-0.1, -0.05) is 0 Å². The molecule has 0 heterocycles. The van der Waals surface area contributed by atoms with Crippen molar-refractivity contribution >= 4 is 28.9 Å². The zero-order valence-electron chi connectivity index (χ0n) is 11.8. The van der Waals surface area contributed by atoms with E-state index in [-0.39, 0.29) is 16.8 Å². The molecule has 4 N–H and O–H groups in total. The minimum atomic E-state index is -0.362. The van der Waals surface area contributed by atoms with Crippen LogP contribution in [0.15, 0.2) is 48.5 Å². The van der Waals surface area contributed by atoms with Crippen molar-refractivity contribution in [3.8, 4) is 11.5 Å². The van der Waals surface area contributed by atoms with E-state index in [0.717, 1.165) is 11.4 Å². The van der Waals surface area contributed by atoms with Crippen molar-refractivity contribution in [3.05, 3.63) is 54.1 Å². The first-order chi connectivity index (χ1) is 10.6. The summed E-state index contributed by atoms with van der Waals surface area (Å²) in [4.78, 5) is 11.8. The number of ether oxygens (including phenoxy) is 1. The Kier molecular flexibility index (Phi) is 5.16. The molecule has 0 fully saturated rings. The molecule has 22 heavy (non-hydrogen) atoms. The summed E-state index contributed by atoms with van der Waals surface area (Å²) >= 11 is 5.08. The highest BCUT2D eigenvalue weighted by Crippen LogP contribution is 2.14. The topological polar surface area (TPSA) is 82.6 Å². The van der Waals surface area contributed by atoms with E-state index in [0.29, 0.717) is 5.56 Å². The van der Waals surface area contributed by atoms with E-state index in [1.807, 2.05) is 0 Å². The van der Waals surface area contributed by atoms with Crippen LogP contribution in [0.2, 0.25) is 0 Å². The third-order valence-corrected chi connectivity index (χ3v) is 2.97. The van der Waals surface area contributed by atoms with Crippen molar-refractivity contribution in [3.63, 3.8) is 0 Å². The third-order valence-electron chi connectivity index (χ3n) is 2.77. The molecular weight excluding hydrogens is 302 g/mol. The van der Waals surface area contributed by atoms with Gasteiger partial charge in [0.1, 0.15) is 11.5 Å². The second-order valence-electron chi connectivity index (χ2n) is 4.31. The van der Waals surface area contributed by atoms with Gasteiger partial charge >= 0.3 is 0 Å². The fraction of sp³-hybridized carbons (Fsp3) is 0.0667. The van der Waals surface area contributed by atoms with Gasteiger partial charge in [-0.25, -0.2) is 0 Å². The van der Waals surface area contributed by atoms with Gasteiger partial charge in [0, 0.05) is 11.3 Å². The Hall–Kier alpha value is -2.80. The van der Waals surface area contributed by atoms with Gasteiger partial charge in [0.15, 0.2) is 5.11 Å². The molecular formula is C15H15N3O3S. The number of hydrogen-bond acceptors (Lipinski definition) is 4. The van der Waals surface area contributed by atoms with Crippen LogP contribution in [0.25, 0.3) is 0 Å². The average molecular weight is 317 g/mol. The Morgan fingerprint density at radius 3 is 2.27 bits per heavy atom.